The Balaban J connectivity index is 2.78. The minimum atomic E-state index is 1.07. The molecule has 0 saturated heterocycles. The Morgan fingerprint density at radius 3 is 2.09 bits per heavy atom. The second-order valence-corrected chi connectivity index (χ2v) is 2.39. The van der Waals surface area contributed by atoms with E-state index in [0.717, 1.165) is 10.8 Å². The Labute approximate surface area is 64.1 Å². The minimum Gasteiger partial charge on any atom is -0.285 e. The maximum atomic E-state index is 10.2. The van der Waals surface area contributed by atoms with Crippen molar-refractivity contribution in [1.29, 1.82) is 0 Å². The van der Waals surface area contributed by atoms with Crippen LogP contribution in [0.15, 0.2) is 36.7 Å². The van der Waals surface area contributed by atoms with Gasteiger partial charge in [-0.2, -0.15) is 0 Å². The lowest BCUT2D eigenvalue weighted by atomic mass is 10.2. The first kappa shape index (κ1) is 6.16. The highest BCUT2D eigenvalue weighted by Crippen LogP contribution is 2.12. The molecule has 0 fully saturated rings. The van der Waals surface area contributed by atoms with E-state index in [9.17, 15) is 4.79 Å². The van der Waals surface area contributed by atoms with Crippen molar-refractivity contribution in [3.63, 3.8) is 0 Å². The standard InChI is InChI=1S/C9H6NO/c11-7-10-5-8-3-1-2-4-9(8)6-10/h1-6H. The fraction of sp³-hybridized carbons (Fsp3) is 0. The van der Waals surface area contributed by atoms with Crippen LogP contribution in [0, 0.1) is 0 Å². The van der Waals surface area contributed by atoms with Gasteiger partial charge in [-0.25, -0.2) is 0 Å². The average molecular weight is 144 g/mol. The van der Waals surface area contributed by atoms with Crippen molar-refractivity contribution in [1.82, 2.24) is 4.57 Å². The molecule has 0 amide bonds. The third-order valence-electron chi connectivity index (χ3n) is 1.66. The number of rotatable bonds is 1. The van der Waals surface area contributed by atoms with Gasteiger partial charge in [0.05, 0.1) is 0 Å². The Bertz CT molecular complexity index is 356. The van der Waals surface area contributed by atoms with Gasteiger partial charge in [-0.1, -0.05) is 24.3 Å². The summed E-state index contributed by atoms with van der Waals surface area (Å²) in [6.45, 7) is 0. The van der Waals surface area contributed by atoms with Crippen LogP contribution in [0.2, 0.25) is 0 Å². The molecule has 0 unspecified atom stereocenters. The van der Waals surface area contributed by atoms with Crippen LogP contribution in [-0.2, 0) is 4.79 Å². The summed E-state index contributed by atoms with van der Waals surface area (Å²) in [6.07, 6.45) is 5.29. The molecule has 1 aromatic carbocycles. The van der Waals surface area contributed by atoms with Crippen molar-refractivity contribution in [2.24, 2.45) is 0 Å². The van der Waals surface area contributed by atoms with E-state index in [0.29, 0.717) is 0 Å². The van der Waals surface area contributed by atoms with Crippen molar-refractivity contribution >= 4 is 17.2 Å². The lowest BCUT2D eigenvalue weighted by Gasteiger charge is -1.81. The fourth-order valence-corrected chi connectivity index (χ4v) is 1.14. The fourth-order valence-electron chi connectivity index (χ4n) is 1.14. The Morgan fingerprint density at radius 2 is 1.64 bits per heavy atom. The molecule has 0 aliphatic rings. The first-order valence-electron chi connectivity index (χ1n) is 3.35. The summed E-state index contributed by atoms with van der Waals surface area (Å²) in [5, 5.41) is 2.13. The Hall–Kier alpha value is -1.57. The Kier molecular flexibility index (Phi) is 1.25. The van der Waals surface area contributed by atoms with Crippen LogP contribution in [0.5, 0.6) is 0 Å². The van der Waals surface area contributed by atoms with Crippen LogP contribution in [0.3, 0.4) is 0 Å². The van der Waals surface area contributed by atoms with Gasteiger partial charge in [-0.3, -0.25) is 9.36 Å². The van der Waals surface area contributed by atoms with Crippen molar-refractivity contribution < 1.29 is 4.79 Å². The van der Waals surface area contributed by atoms with Gasteiger partial charge in [0.2, 0.25) is 0 Å². The molecule has 2 aromatic rings. The number of fused-ring (bicyclic) bond motifs is 1. The topological polar surface area (TPSA) is 22.0 Å². The first-order chi connectivity index (χ1) is 5.40. The highest BCUT2D eigenvalue weighted by Gasteiger charge is 1.94. The minimum absolute atomic E-state index is 1.07. The second kappa shape index (κ2) is 2.23. The van der Waals surface area contributed by atoms with E-state index >= 15 is 0 Å². The van der Waals surface area contributed by atoms with Crippen LogP contribution < -0.4 is 0 Å². The molecular formula is C9H6NO. The molecule has 0 aliphatic heterocycles. The maximum absolute atomic E-state index is 10.2. The zero-order valence-electron chi connectivity index (χ0n) is 5.82. The number of aromatic nitrogens is 1. The third-order valence-corrected chi connectivity index (χ3v) is 1.66. The van der Waals surface area contributed by atoms with E-state index < -0.39 is 0 Å². The molecule has 1 radical (unpaired) electrons. The Morgan fingerprint density at radius 1 is 1.09 bits per heavy atom. The van der Waals surface area contributed by atoms with E-state index in [4.69, 9.17) is 0 Å². The predicted molar refractivity (Wildman–Crippen MR) is 43.0 cm³/mol. The van der Waals surface area contributed by atoms with Crippen LogP contribution in [0.1, 0.15) is 0 Å². The summed E-state index contributed by atoms with van der Waals surface area (Å²) in [6, 6.07) is 7.81. The van der Waals surface area contributed by atoms with Gasteiger partial charge in [0.1, 0.15) is 0 Å². The van der Waals surface area contributed by atoms with E-state index in [2.05, 4.69) is 0 Å². The monoisotopic (exact) mass is 144 g/mol. The number of nitrogens with zero attached hydrogens (tertiary/aromatic N) is 1. The molecule has 53 valence electrons. The highest BCUT2D eigenvalue weighted by molar-refractivity contribution is 5.84. The van der Waals surface area contributed by atoms with Gasteiger partial charge in [-0.15, -0.1) is 0 Å². The predicted octanol–water partition coefficient (Wildman–Crippen LogP) is 1.56. The molecule has 0 saturated carbocycles. The van der Waals surface area contributed by atoms with Crippen molar-refractivity contribution in [2.75, 3.05) is 0 Å². The van der Waals surface area contributed by atoms with Gasteiger partial charge >= 0.3 is 6.41 Å². The molecule has 0 bridgehead atoms. The molecule has 11 heavy (non-hydrogen) atoms. The average Bonchev–Trinajstić information content (AvgIpc) is 2.46. The van der Waals surface area contributed by atoms with E-state index in [1.807, 2.05) is 24.3 Å². The molecule has 1 aromatic heterocycles. The highest BCUT2D eigenvalue weighted by atomic mass is 16.1. The summed E-state index contributed by atoms with van der Waals surface area (Å²) < 4.78 is 1.39. The normalized spacial score (nSPS) is 10.2. The van der Waals surface area contributed by atoms with Crippen LogP contribution in [0.4, 0.5) is 0 Å². The van der Waals surface area contributed by atoms with Crippen LogP contribution >= 0.6 is 0 Å². The SMILES string of the molecule is O=[C]n1cc2ccccc2c1. The van der Waals surface area contributed by atoms with Gasteiger partial charge in [0, 0.05) is 12.4 Å². The zero-order chi connectivity index (χ0) is 7.68. The molecule has 2 rings (SSSR count). The zero-order valence-corrected chi connectivity index (χ0v) is 5.82. The molecule has 0 N–H and O–H groups in total. The first-order valence-corrected chi connectivity index (χ1v) is 3.35. The number of hydrogen-bond donors (Lipinski definition) is 0. The number of hydrogen-bond acceptors (Lipinski definition) is 1. The number of carbonyl (C=O) groups excluding carboxylic acids is 1. The van der Waals surface area contributed by atoms with Gasteiger partial charge in [0.25, 0.3) is 0 Å². The van der Waals surface area contributed by atoms with E-state index in [-0.39, 0.29) is 0 Å². The molecule has 1 heterocycles. The van der Waals surface area contributed by atoms with Crippen molar-refractivity contribution in [3.05, 3.63) is 36.7 Å². The summed E-state index contributed by atoms with van der Waals surface area (Å²) in [5.74, 6) is 0. The lowest BCUT2D eigenvalue weighted by molar-refractivity contribution is 0.547. The van der Waals surface area contributed by atoms with Crippen LogP contribution in [-0.4, -0.2) is 11.0 Å². The van der Waals surface area contributed by atoms with Gasteiger partial charge in [0.15, 0.2) is 0 Å². The van der Waals surface area contributed by atoms with E-state index in [1.165, 1.54) is 4.57 Å². The summed E-state index contributed by atoms with van der Waals surface area (Å²) in [7, 11) is 0. The smallest absolute Gasteiger partial charge is 0.285 e. The molecular weight excluding hydrogens is 138 g/mol. The molecule has 0 aliphatic carbocycles. The van der Waals surface area contributed by atoms with Crippen LogP contribution in [0.25, 0.3) is 10.8 Å². The van der Waals surface area contributed by atoms with Crippen molar-refractivity contribution in [2.45, 2.75) is 0 Å². The maximum Gasteiger partial charge on any atom is 0.320 e. The third kappa shape index (κ3) is 0.923. The quantitative estimate of drug-likeness (QED) is 0.595. The van der Waals surface area contributed by atoms with Gasteiger partial charge in [-0.05, 0) is 10.8 Å². The second-order valence-electron chi connectivity index (χ2n) is 2.39. The van der Waals surface area contributed by atoms with Crippen molar-refractivity contribution in [3.8, 4) is 0 Å². The number of benzene rings is 1. The largest absolute Gasteiger partial charge is 0.320 e. The summed E-state index contributed by atoms with van der Waals surface area (Å²) >= 11 is 0. The molecule has 2 nitrogen and oxygen atoms in total. The van der Waals surface area contributed by atoms with Gasteiger partial charge < -0.3 is 0 Å². The molecule has 0 atom stereocenters. The lowest BCUT2D eigenvalue weighted by Crippen LogP contribution is -1.86. The summed E-state index contributed by atoms with van der Waals surface area (Å²) in [4.78, 5) is 10.2. The molecule has 2 heteroatoms. The van der Waals surface area contributed by atoms with E-state index in [1.54, 1.807) is 18.8 Å². The molecule has 0 spiro atoms. The summed E-state index contributed by atoms with van der Waals surface area (Å²) in [5.41, 5.74) is 0.